The number of nitrogen functional groups attached to an aromatic ring is 2. The molecule has 0 saturated heterocycles. The van der Waals surface area contributed by atoms with Gasteiger partial charge in [-0.25, -0.2) is 27.8 Å². The van der Waals surface area contributed by atoms with Gasteiger partial charge in [0, 0.05) is 48.7 Å². The molecule has 19 heteroatoms. The molecule has 52 heavy (non-hydrogen) atoms. The molecule has 0 spiro atoms. The van der Waals surface area contributed by atoms with Crippen LogP contribution in [0, 0.1) is 11.6 Å². The molecule has 4 N–H and O–H groups in total. The van der Waals surface area contributed by atoms with Crippen molar-refractivity contribution in [3.05, 3.63) is 108 Å². The second kappa shape index (κ2) is 16.5. The molecular weight excluding hydrogens is 758 g/mol. The van der Waals surface area contributed by atoms with Crippen molar-refractivity contribution in [2.75, 3.05) is 18.6 Å². The minimum atomic E-state index is -1.00. The molecule has 0 aliphatic heterocycles. The normalized spacial score (nSPS) is 10.8. The molecule has 263 valence electrons. The van der Waals surface area contributed by atoms with E-state index in [0.29, 0.717) is 33.2 Å². The maximum atomic E-state index is 13.2. The van der Waals surface area contributed by atoms with Gasteiger partial charge in [0.15, 0.2) is 21.7 Å². The molecule has 0 amide bonds. The van der Waals surface area contributed by atoms with Crippen molar-refractivity contribution >= 4 is 59.3 Å². The molecule has 6 heterocycles. The van der Waals surface area contributed by atoms with Gasteiger partial charge in [0.1, 0.15) is 28.8 Å². The molecule has 0 unspecified atom stereocenters. The third-order valence-electron chi connectivity index (χ3n) is 7.23. The van der Waals surface area contributed by atoms with Crippen molar-refractivity contribution in [2.45, 2.75) is 0 Å². The number of alkyl halides is 1. The second-order valence-electron chi connectivity index (χ2n) is 10.7. The van der Waals surface area contributed by atoms with Crippen LogP contribution in [0.2, 0.25) is 0 Å². The molecule has 1 radical (unpaired) electrons. The predicted molar refractivity (Wildman–Crippen MR) is 202 cm³/mol. The molecular formula is C33H29BBrF3N13S. The zero-order valence-electron chi connectivity index (χ0n) is 28.5. The van der Waals surface area contributed by atoms with Crippen LogP contribution in [0.25, 0.3) is 56.3 Å². The Kier molecular flexibility index (Phi) is 11.4. The topological polar surface area (TPSA) is 160 Å². The zero-order chi connectivity index (χ0) is 38.2. The van der Waals surface area contributed by atoms with E-state index in [2.05, 4.69) is 71.0 Å². The standard InChI is InChI=1S/C16H12BrFN6.C16H13FN6.CH3F.BHNS/c1-23-8-11(14(22-23)9-2-4-10(18)5-3-9)12-6-7-13-20-16(19)15(17)24(13)21-12;1-22-8-12(16(21-22)10-2-4-11(17)5-3-10)13-6-7-15-19-14(18)9-23(15)20-13;1-2;1-2-3/h2-8H,19H2,1H3;2-9H,18H2,1H3;1H3;3H/i;;1D;. The number of hydrogen-bond acceptors (Lipinski definition) is 10. The van der Waals surface area contributed by atoms with E-state index < -0.39 is 7.15 Å². The van der Waals surface area contributed by atoms with Gasteiger partial charge in [-0.3, -0.25) is 13.8 Å². The first-order valence-corrected chi connectivity index (χ1v) is 16.1. The molecule has 0 aliphatic carbocycles. The number of anilines is 2. The minimum absolute atomic E-state index is 0.278. The first-order chi connectivity index (χ1) is 25.5. The molecule has 0 atom stereocenters. The first kappa shape index (κ1) is 36.0. The molecule has 8 aromatic rings. The zero-order valence-corrected chi connectivity index (χ0v) is 30.0. The number of imidazole rings is 2. The summed E-state index contributed by atoms with van der Waals surface area (Å²) in [4.78, 5) is 8.37. The van der Waals surface area contributed by atoms with Gasteiger partial charge in [-0.2, -0.15) is 20.4 Å². The summed E-state index contributed by atoms with van der Waals surface area (Å²) >= 11 is 6.58. The second-order valence-corrected chi connectivity index (χ2v) is 11.7. The van der Waals surface area contributed by atoms with E-state index in [4.69, 9.17) is 12.8 Å². The van der Waals surface area contributed by atoms with E-state index in [1.807, 2.05) is 50.8 Å². The molecule has 0 bridgehead atoms. The summed E-state index contributed by atoms with van der Waals surface area (Å²) in [7, 11) is 7.01. The Bertz CT molecular complexity index is 2490. The van der Waals surface area contributed by atoms with Crippen molar-refractivity contribution < 1.29 is 14.5 Å². The van der Waals surface area contributed by atoms with Gasteiger partial charge in [-0.15, -0.1) is 0 Å². The van der Waals surface area contributed by atoms with Crippen molar-refractivity contribution in [2.24, 2.45) is 18.4 Å². The molecule has 2 aromatic carbocycles. The number of aromatic nitrogens is 10. The number of hydrogen-bond donors (Lipinski definition) is 3. The van der Waals surface area contributed by atoms with Crippen LogP contribution in [0.5, 0.6) is 0 Å². The van der Waals surface area contributed by atoms with E-state index in [1.54, 1.807) is 48.9 Å². The maximum absolute atomic E-state index is 13.2. The summed E-state index contributed by atoms with van der Waals surface area (Å²) in [5.74, 6) is 0.234. The van der Waals surface area contributed by atoms with Crippen molar-refractivity contribution in [3.63, 3.8) is 0 Å². The van der Waals surface area contributed by atoms with Gasteiger partial charge in [-0.05, 0) is 88.7 Å². The third-order valence-corrected chi connectivity index (χ3v) is 7.97. The number of benzene rings is 2. The Labute approximate surface area is 311 Å². The third kappa shape index (κ3) is 8.21. The summed E-state index contributed by atoms with van der Waals surface area (Å²) in [5, 5.41) is 18.1. The Balaban J connectivity index is 0.000000178. The summed E-state index contributed by atoms with van der Waals surface area (Å²) < 4.78 is 51.8. The Morgan fingerprint density at radius 3 is 1.69 bits per heavy atom. The van der Waals surface area contributed by atoms with Crippen molar-refractivity contribution in [1.29, 1.82) is 0 Å². The van der Waals surface area contributed by atoms with Crippen LogP contribution in [0.4, 0.5) is 24.8 Å². The van der Waals surface area contributed by atoms with E-state index in [0.717, 1.165) is 39.3 Å². The first-order valence-electron chi connectivity index (χ1n) is 15.6. The number of fused-ring (bicyclic) bond motifs is 2. The van der Waals surface area contributed by atoms with Crippen LogP contribution in [-0.2, 0) is 14.1 Å². The van der Waals surface area contributed by atoms with E-state index in [9.17, 15) is 13.2 Å². The van der Waals surface area contributed by atoms with Gasteiger partial charge in [0.25, 0.3) is 0 Å². The van der Waals surface area contributed by atoms with Gasteiger partial charge < -0.3 is 11.5 Å². The average molecular weight is 788 g/mol. The summed E-state index contributed by atoms with van der Waals surface area (Å²) in [6.07, 6.45) is 5.42. The molecule has 8 rings (SSSR count). The Hall–Kier alpha value is -5.82. The summed E-state index contributed by atoms with van der Waals surface area (Å²) in [6.45, 7) is 0. The van der Waals surface area contributed by atoms with Crippen LogP contribution in [-0.4, -0.2) is 63.5 Å². The number of halogens is 4. The SMILES string of the molecule is Cn1cc(-c2ccc3nc(N)c(Br)n3n2)c(-c2ccc(F)cc2)n1.Cn1cc(-c2ccc3nc(N)cn3n2)c(-c2ccc(F)cc2)n1.[2H]CF.[B]=NS. The van der Waals surface area contributed by atoms with Crippen LogP contribution in [0.1, 0.15) is 1.37 Å². The fourth-order valence-electron chi connectivity index (χ4n) is 5.10. The predicted octanol–water partition coefficient (Wildman–Crippen LogP) is 6.57. The van der Waals surface area contributed by atoms with Gasteiger partial charge >= 0.3 is 24.8 Å². The molecule has 13 nitrogen and oxygen atoms in total. The Morgan fingerprint density at radius 2 is 1.19 bits per heavy atom. The number of nitrogens with zero attached hydrogens (tertiary/aromatic N) is 11. The fourth-order valence-corrected chi connectivity index (χ4v) is 5.45. The van der Waals surface area contributed by atoms with Gasteiger partial charge in [-0.1, -0.05) is 0 Å². The van der Waals surface area contributed by atoms with Gasteiger partial charge in [0.05, 0.1) is 26.1 Å². The number of rotatable bonds is 4. The molecule has 0 aliphatic rings. The molecule has 6 aromatic heterocycles. The number of aryl methyl sites for hydroxylation is 2. The fraction of sp³-hybridized carbons (Fsp3) is 0.0909. The van der Waals surface area contributed by atoms with Crippen LogP contribution < -0.4 is 11.5 Å². The van der Waals surface area contributed by atoms with E-state index >= 15 is 0 Å². The van der Waals surface area contributed by atoms with Gasteiger partial charge in [0.2, 0.25) is 0 Å². The Morgan fingerprint density at radius 1 is 0.731 bits per heavy atom. The van der Waals surface area contributed by atoms with E-state index in [1.165, 1.54) is 24.3 Å². The van der Waals surface area contributed by atoms with Crippen molar-refractivity contribution in [1.82, 2.24) is 48.8 Å². The molecule has 0 fully saturated rings. The van der Waals surface area contributed by atoms with Crippen molar-refractivity contribution in [3.8, 4) is 45.0 Å². The van der Waals surface area contributed by atoms with E-state index in [-0.39, 0.29) is 11.6 Å². The summed E-state index contributed by atoms with van der Waals surface area (Å²) in [5.41, 5.74) is 19.1. The number of thiol groups is 1. The van der Waals surface area contributed by atoms with Crippen LogP contribution in [0.15, 0.2) is 100 Å². The quantitative estimate of drug-likeness (QED) is 0.133. The number of nitrogens with two attached hydrogens (primary N) is 2. The summed E-state index contributed by atoms with van der Waals surface area (Å²) in [6, 6.07) is 19.9. The van der Waals surface area contributed by atoms with Crippen LogP contribution >= 0.6 is 28.7 Å². The van der Waals surface area contributed by atoms with Crippen LogP contribution in [0.3, 0.4) is 0 Å². The molecule has 0 saturated carbocycles. The monoisotopic (exact) mass is 787 g/mol. The average Bonchev–Trinajstić information content (AvgIpc) is 3.89.